The molecule has 0 radical (unpaired) electrons. The van der Waals surface area contributed by atoms with Crippen LogP contribution < -0.4 is 11.1 Å². The monoisotopic (exact) mass is 264 g/mol. The average Bonchev–Trinajstić information content (AvgIpc) is 2.42. The second-order valence-electron chi connectivity index (χ2n) is 4.62. The summed E-state index contributed by atoms with van der Waals surface area (Å²) in [6.45, 7) is 5.11. The zero-order chi connectivity index (χ0) is 13.7. The first-order chi connectivity index (χ1) is 9.16. The molecule has 1 saturated heterocycles. The van der Waals surface area contributed by atoms with Gasteiger partial charge in [0.25, 0.3) is 0 Å². The standard InChI is InChI=1S/C13H20N4O2/c1-10-8-11(14)13(16-9-10)15-3-2-12(18)17-4-6-19-7-5-17/h8-9H,2-7,14H2,1H3,(H,15,16). The molecular weight excluding hydrogens is 244 g/mol. The van der Waals surface area contributed by atoms with Crippen LogP contribution in [0.3, 0.4) is 0 Å². The van der Waals surface area contributed by atoms with E-state index in [0.717, 1.165) is 5.56 Å². The van der Waals surface area contributed by atoms with Gasteiger partial charge in [0, 0.05) is 32.3 Å². The second kappa shape index (κ2) is 6.38. The number of morpholine rings is 1. The number of ether oxygens (including phenoxy) is 1. The molecule has 19 heavy (non-hydrogen) atoms. The van der Waals surface area contributed by atoms with Gasteiger partial charge in [-0.15, -0.1) is 0 Å². The molecule has 104 valence electrons. The number of carbonyl (C=O) groups excluding carboxylic acids is 1. The number of amides is 1. The van der Waals surface area contributed by atoms with Crippen LogP contribution in [0.25, 0.3) is 0 Å². The topological polar surface area (TPSA) is 80.5 Å². The average molecular weight is 264 g/mol. The number of nitrogens with one attached hydrogen (secondary N) is 1. The van der Waals surface area contributed by atoms with E-state index in [4.69, 9.17) is 10.5 Å². The minimum absolute atomic E-state index is 0.140. The van der Waals surface area contributed by atoms with Crippen molar-refractivity contribution in [3.63, 3.8) is 0 Å². The fourth-order valence-corrected chi connectivity index (χ4v) is 2.00. The van der Waals surface area contributed by atoms with Gasteiger partial charge < -0.3 is 20.7 Å². The van der Waals surface area contributed by atoms with Crippen molar-refractivity contribution in [2.24, 2.45) is 0 Å². The molecule has 0 aromatic carbocycles. The Kier molecular flexibility index (Phi) is 4.57. The Labute approximate surface area is 112 Å². The third kappa shape index (κ3) is 3.82. The number of hydrogen-bond acceptors (Lipinski definition) is 5. The van der Waals surface area contributed by atoms with Crippen LogP contribution in [0, 0.1) is 6.92 Å². The molecule has 0 saturated carbocycles. The number of rotatable bonds is 4. The van der Waals surface area contributed by atoms with Crippen LogP contribution in [0.15, 0.2) is 12.3 Å². The summed E-state index contributed by atoms with van der Waals surface area (Å²) in [7, 11) is 0. The van der Waals surface area contributed by atoms with Gasteiger partial charge in [0.2, 0.25) is 5.91 Å². The number of anilines is 2. The van der Waals surface area contributed by atoms with Gasteiger partial charge in [0.1, 0.15) is 5.82 Å². The molecule has 0 aliphatic carbocycles. The highest BCUT2D eigenvalue weighted by molar-refractivity contribution is 5.77. The number of nitrogens with two attached hydrogens (primary N) is 1. The molecule has 6 nitrogen and oxygen atoms in total. The zero-order valence-corrected chi connectivity index (χ0v) is 11.2. The lowest BCUT2D eigenvalue weighted by Gasteiger charge is -2.26. The van der Waals surface area contributed by atoms with Crippen LogP contribution >= 0.6 is 0 Å². The van der Waals surface area contributed by atoms with E-state index in [0.29, 0.717) is 50.8 Å². The molecule has 1 aromatic rings. The highest BCUT2D eigenvalue weighted by atomic mass is 16.5. The summed E-state index contributed by atoms with van der Waals surface area (Å²) in [6.07, 6.45) is 2.19. The van der Waals surface area contributed by atoms with E-state index in [1.165, 1.54) is 0 Å². The van der Waals surface area contributed by atoms with Crippen LogP contribution in [0.1, 0.15) is 12.0 Å². The molecule has 1 aliphatic rings. The first kappa shape index (κ1) is 13.6. The third-order valence-electron chi connectivity index (χ3n) is 3.05. The largest absolute Gasteiger partial charge is 0.396 e. The number of nitrogen functional groups attached to an aromatic ring is 1. The lowest BCUT2D eigenvalue weighted by Crippen LogP contribution is -2.41. The summed E-state index contributed by atoms with van der Waals surface area (Å²) in [5.74, 6) is 0.780. The molecule has 2 rings (SSSR count). The van der Waals surface area contributed by atoms with E-state index < -0.39 is 0 Å². The lowest BCUT2D eigenvalue weighted by atomic mass is 10.3. The minimum atomic E-state index is 0.140. The highest BCUT2D eigenvalue weighted by Crippen LogP contribution is 2.15. The van der Waals surface area contributed by atoms with Crippen molar-refractivity contribution in [1.82, 2.24) is 9.88 Å². The normalized spacial score (nSPS) is 15.3. The maximum atomic E-state index is 11.9. The van der Waals surface area contributed by atoms with Crippen molar-refractivity contribution in [3.05, 3.63) is 17.8 Å². The highest BCUT2D eigenvalue weighted by Gasteiger charge is 2.16. The molecule has 6 heteroatoms. The zero-order valence-electron chi connectivity index (χ0n) is 11.2. The van der Waals surface area contributed by atoms with E-state index in [-0.39, 0.29) is 5.91 Å². The first-order valence-electron chi connectivity index (χ1n) is 6.48. The molecule has 0 atom stereocenters. The van der Waals surface area contributed by atoms with E-state index in [1.807, 2.05) is 17.9 Å². The van der Waals surface area contributed by atoms with Gasteiger partial charge in [-0.1, -0.05) is 0 Å². The molecule has 3 N–H and O–H groups in total. The summed E-state index contributed by atoms with van der Waals surface area (Å²) < 4.78 is 5.21. The van der Waals surface area contributed by atoms with Gasteiger partial charge in [-0.2, -0.15) is 0 Å². The van der Waals surface area contributed by atoms with Gasteiger partial charge in [-0.3, -0.25) is 4.79 Å². The van der Waals surface area contributed by atoms with Crippen LogP contribution in [0.5, 0.6) is 0 Å². The van der Waals surface area contributed by atoms with Crippen molar-refractivity contribution in [3.8, 4) is 0 Å². The summed E-state index contributed by atoms with van der Waals surface area (Å²) in [6, 6.07) is 1.86. The maximum absolute atomic E-state index is 11.9. The van der Waals surface area contributed by atoms with E-state index >= 15 is 0 Å². The Morgan fingerprint density at radius 3 is 2.95 bits per heavy atom. The number of aryl methyl sites for hydroxylation is 1. The SMILES string of the molecule is Cc1cnc(NCCC(=O)N2CCOCC2)c(N)c1. The molecule has 1 aliphatic heterocycles. The molecule has 0 bridgehead atoms. The maximum Gasteiger partial charge on any atom is 0.224 e. The first-order valence-corrected chi connectivity index (χ1v) is 6.48. The van der Waals surface area contributed by atoms with E-state index in [2.05, 4.69) is 10.3 Å². The fraction of sp³-hybridized carbons (Fsp3) is 0.538. The molecule has 2 heterocycles. The second-order valence-corrected chi connectivity index (χ2v) is 4.62. The van der Waals surface area contributed by atoms with Crippen LogP contribution in [0.2, 0.25) is 0 Å². The van der Waals surface area contributed by atoms with Crippen molar-refractivity contribution in [2.45, 2.75) is 13.3 Å². The number of carbonyl (C=O) groups is 1. The summed E-state index contributed by atoms with van der Waals surface area (Å²) in [5.41, 5.74) is 7.47. The van der Waals surface area contributed by atoms with Crippen LogP contribution in [0.4, 0.5) is 11.5 Å². The predicted molar refractivity (Wildman–Crippen MR) is 73.9 cm³/mol. The van der Waals surface area contributed by atoms with Crippen molar-refractivity contribution < 1.29 is 9.53 Å². The van der Waals surface area contributed by atoms with Gasteiger partial charge in [-0.05, 0) is 18.6 Å². The molecule has 1 aromatic heterocycles. The van der Waals surface area contributed by atoms with E-state index in [1.54, 1.807) is 6.20 Å². The van der Waals surface area contributed by atoms with Crippen molar-refractivity contribution in [1.29, 1.82) is 0 Å². The smallest absolute Gasteiger partial charge is 0.224 e. The molecular formula is C13H20N4O2. The summed E-state index contributed by atoms with van der Waals surface area (Å²) in [4.78, 5) is 17.9. The predicted octanol–water partition coefficient (Wildman–Crippen LogP) is 0.633. The molecule has 0 spiro atoms. The third-order valence-corrected chi connectivity index (χ3v) is 3.05. The Morgan fingerprint density at radius 2 is 2.26 bits per heavy atom. The van der Waals surface area contributed by atoms with Crippen LogP contribution in [-0.4, -0.2) is 48.6 Å². The van der Waals surface area contributed by atoms with E-state index in [9.17, 15) is 4.79 Å². The number of pyridine rings is 1. The molecule has 1 amide bonds. The summed E-state index contributed by atoms with van der Waals surface area (Å²) >= 11 is 0. The van der Waals surface area contributed by atoms with Gasteiger partial charge >= 0.3 is 0 Å². The Morgan fingerprint density at radius 1 is 1.53 bits per heavy atom. The molecule has 1 fully saturated rings. The van der Waals surface area contributed by atoms with Gasteiger partial charge in [0.05, 0.1) is 18.9 Å². The van der Waals surface area contributed by atoms with Crippen molar-refractivity contribution in [2.75, 3.05) is 43.9 Å². The van der Waals surface area contributed by atoms with Crippen molar-refractivity contribution >= 4 is 17.4 Å². The fourth-order valence-electron chi connectivity index (χ4n) is 2.00. The Bertz CT molecular complexity index is 444. The quantitative estimate of drug-likeness (QED) is 0.834. The summed E-state index contributed by atoms with van der Waals surface area (Å²) in [5, 5.41) is 3.10. The minimum Gasteiger partial charge on any atom is -0.396 e. The number of nitrogens with zero attached hydrogens (tertiary/aromatic N) is 2. The lowest BCUT2D eigenvalue weighted by molar-refractivity contribution is -0.134. The van der Waals surface area contributed by atoms with Crippen LogP contribution in [-0.2, 0) is 9.53 Å². The Balaban J connectivity index is 1.78. The Hall–Kier alpha value is -1.82. The number of hydrogen-bond donors (Lipinski definition) is 2. The van der Waals surface area contributed by atoms with Gasteiger partial charge in [-0.25, -0.2) is 4.98 Å². The number of aromatic nitrogens is 1. The molecule has 0 unspecified atom stereocenters. The van der Waals surface area contributed by atoms with Gasteiger partial charge in [0.15, 0.2) is 0 Å².